The second-order valence-corrected chi connectivity index (χ2v) is 5.31. The number of aromatic nitrogens is 3. The van der Waals surface area contributed by atoms with Gasteiger partial charge in [0.25, 0.3) is 0 Å². The summed E-state index contributed by atoms with van der Waals surface area (Å²) in [6.07, 6.45) is 5.69. The number of nitrogens with zero attached hydrogens (tertiary/aromatic N) is 3. The first-order valence-corrected chi connectivity index (χ1v) is 7.88. The Morgan fingerprint density at radius 2 is 2.12 bits per heavy atom. The molecule has 3 rings (SSSR count). The summed E-state index contributed by atoms with van der Waals surface area (Å²) in [7, 11) is 0. The van der Waals surface area contributed by atoms with Gasteiger partial charge >= 0.3 is 106 Å². The molecule has 0 radical (unpaired) electrons. The summed E-state index contributed by atoms with van der Waals surface area (Å²) in [5.74, 6) is 3.17. The first-order chi connectivity index (χ1) is 8.40. The van der Waals surface area contributed by atoms with E-state index >= 15 is 0 Å². The Morgan fingerprint density at radius 1 is 1.18 bits per heavy atom. The molecule has 0 aliphatic heterocycles. The summed E-state index contributed by atoms with van der Waals surface area (Å²) < 4.78 is 3.33. The third-order valence-electron chi connectivity index (χ3n) is 2.63. The fraction of sp³-hybridized carbons (Fsp3) is 0.0769. The van der Waals surface area contributed by atoms with Crippen molar-refractivity contribution in [1.29, 1.82) is 0 Å². The Kier molecular flexibility index (Phi) is 2.67. The van der Waals surface area contributed by atoms with Crippen LogP contribution in [0.4, 0.5) is 0 Å². The molecule has 0 saturated carbocycles. The average Bonchev–Trinajstić information content (AvgIpc) is 2.78. The van der Waals surface area contributed by atoms with E-state index in [1.54, 1.807) is 6.20 Å². The normalized spacial score (nSPS) is 10.9. The Balaban J connectivity index is 2.31. The molecule has 0 unspecified atom stereocenters. The van der Waals surface area contributed by atoms with Crippen molar-refractivity contribution in [3.8, 4) is 11.4 Å². The topological polar surface area (TPSA) is 30.2 Å². The molecule has 0 N–H and O–H groups in total. The number of hydrogen-bond acceptors (Lipinski definition) is 2. The van der Waals surface area contributed by atoms with E-state index in [4.69, 9.17) is 4.98 Å². The minimum absolute atomic E-state index is 0.396. The van der Waals surface area contributed by atoms with Crippen molar-refractivity contribution in [3.05, 3.63) is 48.9 Å². The summed E-state index contributed by atoms with van der Waals surface area (Å²) in [6, 6.07) is 10.2. The molecule has 3 aromatic rings. The van der Waals surface area contributed by atoms with Crippen LogP contribution in [0.15, 0.2) is 48.9 Å². The molecule has 3 heterocycles. The standard InChI is InChI=1S/C13H11N3Se/c1-17-13-11-6-2-3-8-16(11)12(15-13)10-5-4-7-14-9-10/h2-9H,1H3. The molecule has 0 spiro atoms. The Labute approximate surface area is 106 Å². The maximum absolute atomic E-state index is 4.73. The zero-order chi connectivity index (χ0) is 11.7. The van der Waals surface area contributed by atoms with E-state index in [-0.39, 0.29) is 0 Å². The quantitative estimate of drug-likeness (QED) is 0.673. The van der Waals surface area contributed by atoms with Crippen molar-refractivity contribution in [3.63, 3.8) is 0 Å². The van der Waals surface area contributed by atoms with Crippen LogP contribution in [0.5, 0.6) is 0 Å². The van der Waals surface area contributed by atoms with Gasteiger partial charge < -0.3 is 0 Å². The molecule has 0 fully saturated rings. The van der Waals surface area contributed by atoms with Crippen LogP contribution in [0.2, 0.25) is 5.82 Å². The monoisotopic (exact) mass is 289 g/mol. The molecule has 0 aliphatic rings. The molecule has 3 nitrogen and oxygen atoms in total. The summed E-state index contributed by atoms with van der Waals surface area (Å²) in [6.45, 7) is 0. The molecule has 84 valence electrons. The summed E-state index contributed by atoms with van der Waals surface area (Å²) in [5.41, 5.74) is 2.26. The van der Waals surface area contributed by atoms with Gasteiger partial charge in [0.15, 0.2) is 0 Å². The average molecular weight is 288 g/mol. The SMILES string of the molecule is C[Se]c1nc(-c2cccnc2)n2ccccc12. The van der Waals surface area contributed by atoms with E-state index in [1.807, 2.05) is 24.4 Å². The molecule has 4 heteroatoms. The molecule has 0 atom stereocenters. The zero-order valence-electron chi connectivity index (χ0n) is 9.37. The van der Waals surface area contributed by atoms with E-state index in [9.17, 15) is 0 Å². The summed E-state index contributed by atoms with van der Waals surface area (Å²) in [4.78, 5) is 8.88. The fourth-order valence-electron chi connectivity index (χ4n) is 1.86. The van der Waals surface area contributed by atoms with Gasteiger partial charge in [0.05, 0.1) is 0 Å². The Bertz CT molecular complexity index is 646. The zero-order valence-corrected chi connectivity index (χ0v) is 11.1. The van der Waals surface area contributed by atoms with Gasteiger partial charge in [0, 0.05) is 0 Å². The van der Waals surface area contributed by atoms with Crippen molar-refractivity contribution < 1.29 is 0 Å². The van der Waals surface area contributed by atoms with Crippen molar-refractivity contribution in [2.75, 3.05) is 0 Å². The third-order valence-corrected chi connectivity index (χ3v) is 4.07. The third kappa shape index (κ3) is 1.75. The van der Waals surface area contributed by atoms with Gasteiger partial charge in [-0.3, -0.25) is 0 Å². The number of rotatable bonds is 2. The van der Waals surface area contributed by atoms with Gasteiger partial charge in [0.2, 0.25) is 0 Å². The molecule has 0 amide bonds. The van der Waals surface area contributed by atoms with Gasteiger partial charge in [0.1, 0.15) is 0 Å². The van der Waals surface area contributed by atoms with Crippen molar-refractivity contribution in [2.45, 2.75) is 5.82 Å². The van der Waals surface area contributed by atoms with E-state index in [2.05, 4.69) is 33.5 Å². The summed E-state index contributed by atoms with van der Waals surface area (Å²) >= 11 is 0.396. The number of hydrogen-bond donors (Lipinski definition) is 0. The van der Waals surface area contributed by atoms with Crippen LogP contribution in [0.3, 0.4) is 0 Å². The van der Waals surface area contributed by atoms with Gasteiger partial charge in [-0.2, -0.15) is 0 Å². The Hall–Kier alpha value is -1.64. The van der Waals surface area contributed by atoms with E-state index in [0.29, 0.717) is 15.0 Å². The second-order valence-electron chi connectivity index (χ2n) is 3.64. The van der Waals surface area contributed by atoms with Gasteiger partial charge in [-0.25, -0.2) is 0 Å². The predicted molar refractivity (Wildman–Crippen MR) is 69.7 cm³/mol. The van der Waals surface area contributed by atoms with E-state index in [1.165, 1.54) is 10.1 Å². The molecule has 17 heavy (non-hydrogen) atoms. The van der Waals surface area contributed by atoms with Crippen molar-refractivity contribution in [2.24, 2.45) is 0 Å². The van der Waals surface area contributed by atoms with E-state index in [0.717, 1.165) is 11.4 Å². The van der Waals surface area contributed by atoms with Crippen molar-refractivity contribution in [1.82, 2.24) is 14.4 Å². The van der Waals surface area contributed by atoms with Gasteiger partial charge in [-0.05, 0) is 0 Å². The van der Waals surface area contributed by atoms with Crippen LogP contribution in [0.25, 0.3) is 16.9 Å². The number of fused-ring (bicyclic) bond motifs is 1. The Morgan fingerprint density at radius 3 is 2.88 bits per heavy atom. The molecular formula is C13H11N3Se. The van der Waals surface area contributed by atoms with E-state index < -0.39 is 0 Å². The number of imidazole rings is 1. The molecule has 0 aromatic carbocycles. The van der Waals surface area contributed by atoms with Crippen LogP contribution in [-0.2, 0) is 0 Å². The molecule has 0 bridgehead atoms. The first-order valence-electron chi connectivity index (χ1n) is 5.31. The molecule has 0 aliphatic carbocycles. The van der Waals surface area contributed by atoms with Crippen LogP contribution in [0, 0.1) is 0 Å². The van der Waals surface area contributed by atoms with Crippen LogP contribution in [-0.4, -0.2) is 29.3 Å². The predicted octanol–water partition coefficient (Wildman–Crippen LogP) is 1.77. The van der Waals surface area contributed by atoms with Gasteiger partial charge in [-0.15, -0.1) is 0 Å². The van der Waals surface area contributed by atoms with Gasteiger partial charge in [-0.1, -0.05) is 0 Å². The van der Waals surface area contributed by atoms with Crippen molar-refractivity contribution >= 4 is 25.1 Å². The fourth-order valence-corrected chi connectivity index (χ4v) is 3.02. The molecule has 3 aromatic heterocycles. The maximum atomic E-state index is 4.73. The first kappa shape index (κ1) is 10.5. The van der Waals surface area contributed by atoms with Crippen LogP contribution in [0.1, 0.15) is 0 Å². The molecule has 0 saturated heterocycles. The second kappa shape index (κ2) is 4.32. The van der Waals surface area contributed by atoms with Crippen LogP contribution >= 0.6 is 0 Å². The minimum atomic E-state index is 0.396. The van der Waals surface area contributed by atoms with Crippen LogP contribution < -0.4 is 4.59 Å². The number of pyridine rings is 2. The molecular weight excluding hydrogens is 277 g/mol. The summed E-state index contributed by atoms with van der Waals surface area (Å²) in [5, 5.41) is 0.